The Balaban J connectivity index is 1.77. The van der Waals surface area contributed by atoms with Crippen LogP contribution in [0.3, 0.4) is 0 Å². The van der Waals surface area contributed by atoms with Gasteiger partial charge in [0.2, 0.25) is 5.91 Å². The van der Waals surface area contributed by atoms with Crippen molar-refractivity contribution < 1.29 is 9.53 Å². The Hall–Kier alpha value is -3.53. The Morgan fingerprint density at radius 2 is 1.70 bits per heavy atom. The Morgan fingerprint density at radius 3 is 2.36 bits per heavy atom. The number of carbonyl (C=O) groups excluding carboxylic acids is 1. The van der Waals surface area contributed by atoms with E-state index >= 15 is 0 Å². The standard InChI is InChI=1S/C23H21ClN6O2S/c24-19-10-4-5-11-20(19)32-16-21-27-28-23(30(21)18-8-2-1-3-9-18)33-17-22(31)29(14-6-12-25)15-7-13-26/h1-5,8-11H,6-7,14-17H2. The van der Waals surface area contributed by atoms with Gasteiger partial charge in [0, 0.05) is 18.8 Å². The molecule has 0 N–H and O–H groups in total. The fourth-order valence-electron chi connectivity index (χ4n) is 2.98. The first-order valence-electron chi connectivity index (χ1n) is 10.2. The summed E-state index contributed by atoms with van der Waals surface area (Å²) in [6.07, 6.45) is 0.428. The van der Waals surface area contributed by atoms with Crippen LogP contribution in [0.25, 0.3) is 5.69 Å². The zero-order valence-corrected chi connectivity index (χ0v) is 19.3. The molecule has 0 unspecified atom stereocenters. The number of amides is 1. The highest BCUT2D eigenvalue weighted by Crippen LogP contribution is 2.26. The highest BCUT2D eigenvalue weighted by molar-refractivity contribution is 7.99. The van der Waals surface area contributed by atoms with Crippen molar-refractivity contribution in [2.45, 2.75) is 24.6 Å². The minimum Gasteiger partial charge on any atom is -0.484 e. The second-order valence-corrected chi connectivity index (χ2v) is 8.12. The fourth-order valence-corrected chi connectivity index (χ4v) is 4.04. The lowest BCUT2D eigenvalue weighted by molar-refractivity contribution is -0.128. The number of carbonyl (C=O) groups is 1. The summed E-state index contributed by atoms with van der Waals surface area (Å²) in [6.45, 7) is 0.719. The van der Waals surface area contributed by atoms with E-state index in [1.54, 1.807) is 12.1 Å². The molecule has 3 rings (SSSR count). The number of nitrogens with zero attached hydrogens (tertiary/aromatic N) is 6. The third kappa shape index (κ3) is 6.72. The Kier molecular flexibility index (Phi) is 9.13. The van der Waals surface area contributed by atoms with Crippen molar-refractivity contribution >= 4 is 29.3 Å². The number of ether oxygens (including phenoxy) is 1. The van der Waals surface area contributed by atoms with E-state index in [1.165, 1.54) is 16.7 Å². The van der Waals surface area contributed by atoms with Crippen LogP contribution in [-0.2, 0) is 11.4 Å². The molecule has 1 aromatic heterocycles. The summed E-state index contributed by atoms with van der Waals surface area (Å²) in [6, 6.07) is 20.8. The summed E-state index contributed by atoms with van der Waals surface area (Å²) in [5.74, 6) is 1.04. The number of benzene rings is 2. The van der Waals surface area contributed by atoms with Gasteiger partial charge in [0.25, 0.3) is 0 Å². The van der Waals surface area contributed by atoms with Gasteiger partial charge in [-0.05, 0) is 24.3 Å². The molecule has 1 heterocycles. The van der Waals surface area contributed by atoms with E-state index in [4.69, 9.17) is 26.9 Å². The summed E-state index contributed by atoms with van der Waals surface area (Å²) in [5.41, 5.74) is 0.834. The molecule has 168 valence electrons. The van der Waals surface area contributed by atoms with Crippen LogP contribution in [0, 0.1) is 22.7 Å². The molecule has 8 nitrogen and oxygen atoms in total. The average Bonchev–Trinajstić information content (AvgIpc) is 3.25. The van der Waals surface area contributed by atoms with Crippen LogP contribution in [-0.4, -0.2) is 44.4 Å². The molecule has 0 spiro atoms. The SMILES string of the molecule is N#CCCN(CCC#N)C(=O)CSc1nnc(COc2ccccc2Cl)n1-c1ccccc1. The third-order valence-electron chi connectivity index (χ3n) is 4.57. The van der Waals surface area contributed by atoms with Gasteiger partial charge in [-0.1, -0.05) is 53.7 Å². The van der Waals surface area contributed by atoms with Crippen molar-refractivity contribution in [3.63, 3.8) is 0 Å². The maximum atomic E-state index is 12.7. The highest BCUT2D eigenvalue weighted by atomic mass is 35.5. The molecule has 1 amide bonds. The highest BCUT2D eigenvalue weighted by Gasteiger charge is 2.19. The van der Waals surface area contributed by atoms with Crippen LogP contribution >= 0.6 is 23.4 Å². The van der Waals surface area contributed by atoms with Gasteiger partial charge in [0.05, 0.1) is 35.8 Å². The summed E-state index contributed by atoms with van der Waals surface area (Å²) in [5, 5.41) is 27.3. The molecule has 0 bridgehead atoms. The van der Waals surface area contributed by atoms with Crippen molar-refractivity contribution in [1.82, 2.24) is 19.7 Å². The van der Waals surface area contributed by atoms with Gasteiger partial charge in [-0.25, -0.2) is 0 Å². The molecule has 3 aromatic rings. The van der Waals surface area contributed by atoms with Crippen molar-refractivity contribution in [2.75, 3.05) is 18.8 Å². The van der Waals surface area contributed by atoms with Gasteiger partial charge in [-0.2, -0.15) is 10.5 Å². The first kappa shape index (κ1) is 24.1. The normalized spacial score (nSPS) is 10.3. The predicted octanol–water partition coefficient (Wildman–Crippen LogP) is 4.25. The van der Waals surface area contributed by atoms with E-state index < -0.39 is 0 Å². The van der Waals surface area contributed by atoms with Crippen LogP contribution in [0.4, 0.5) is 0 Å². The number of hydrogen-bond donors (Lipinski definition) is 0. The number of rotatable bonds is 11. The van der Waals surface area contributed by atoms with Gasteiger partial charge >= 0.3 is 0 Å². The Bertz CT molecular complexity index is 1140. The molecular formula is C23H21ClN6O2S. The fraction of sp³-hybridized carbons (Fsp3) is 0.261. The Morgan fingerprint density at radius 1 is 1.03 bits per heavy atom. The van der Waals surface area contributed by atoms with Crippen LogP contribution < -0.4 is 4.74 Å². The van der Waals surface area contributed by atoms with Crippen molar-refractivity contribution in [2.24, 2.45) is 0 Å². The van der Waals surface area contributed by atoms with E-state index in [-0.39, 0.29) is 31.1 Å². The lowest BCUT2D eigenvalue weighted by Gasteiger charge is -2.20. The minimum atomic E-state index is -0.165. The molecule has 0 fully saturated rings. The summed E-state index contributed by atoms with van der Waals surface area (Å²) in [7, 11) is 0. The van der Waals surface area contributed by atoms with E-state index in [2.05, 4.69) is 10.2 Å². The average molecular weight is 481 g/mol. The molecule has 2 aromatic carbocycles. The van der Waals surface area contributed by atoms with Crippen molar-refractivity contribution in [3.05, 3.63) is 65.4 Å². The number of aromatic nitrogens is 3. The zero-order valence-electron chi connectivity index (χ0n) is 17.7. The molecule has 10 heteroatoms. The van der Waals surface area contributed by atoms with E-state index in [0.717, 1.165) is 5.69 Å². The maximum absolute atomic E-state index is 12.7. The summed E-state index contributed by atoms with van der Waals surface area (Å²) >= 11 is 7.43. The lowest BCUT2D eigenvalue weighted by atomic mass is 10.3. The second-order valence-electron chi connectivity index (χ2n) is 6.77. The lowest BCUT2D eigenvalue weighted by Crippen LogP contribution is -2.34. The molecule has 0 radical (unpaired) electrons. The second kappa shape index (κ2) is 12.5. The number of thioether (sulfide) groups is 1. The molecule has 33 heavy (non-hydrogen) atoms. The molecule has 0 saturated carbocycles. The maximum Gasteiger partial charge on any atom is 0.233 e. The summed E-state index contributed by atoms with van der Waals surface area (Å²) in [4.78, 5) is 14.3. The van der Waals surface area contributed by atoms with E-state index in [9.17, 15) is 4.79 Å². The summed E-state index contributed by atoms with van der Waals surface area (Å²) < 4.78 is 7.69. The number of nitriles is 2. The Labute approximate surface area is 201 Å². The molecule has 0 aliphatic rings. The van der Waals surface area contributed by atoms with E-state index in [0.29, 0.717) is 34.8 Å². The first-order valence-corrected chi connectivity index (χ1v) is 11.5. The topological polar surface area (TPSA) is 108 Å². The molecule has 0 aliphatic heterocycles. The number of hydrogen-bond acceptors (Lipinski definition) is 7. The van der Waals surface area contributed by atoms with Gasteiger partial charge in [0.1, 0.15) is 12.4 Å². The van der Waals surface area contributed by atoms with Crippen LogP contribution in [0.1, 0.15) is 18.7 Å². The van der Waals surface area contributed by atoms with Crippen LogP contribution in [0.2, 0.25) is 5.02 Å². The monoisotopic (exact) mass is 480 g/mol. The van der Waals surface area contributed by atoms with Crippen molar-refractivity contribution in [3.8, 4) is 23.6 Å². The first-order chi connectivity index (χ1) is 16.1. The predicted molar refractivity (Wildman–Crippen MR) is 125 cm³/mol. The largest absolute Gasteiger partial charge is 0.484 e. The molecular weight excluding hydrogens is 460 g/mol. The van der Waals surface area contributed by atoms with Crippen molar-refractivity contribution in [1.29, 1.82) is 10.5 Å². The minimum absolute atomic E-state index is 0.104. The van der Waals surface area contributed by atoms with Crippen LogP contribution in [0.5, 0.6) is 5.75 Å². The number of para-hydroxylation sites is 2. The van der Waals surface area contributed by atoms with Gasteiger partial charge in [-0.15, -0.1) is 10.2 Å². The van der Waals surface area contributed by atoms with Gasteiger partial charge in [-0.3, -0.25) is 9.36 Å². The molecule has 0 atom stereocenters. The molecule has 0 aliphatic carbocycles. The van der Waals surface area contributed by atoms with Gasteiger partial charge in [0.15, 0.2) is 11.0 Å². The quantitative estimate of drug-likeness (QED) is 0.377. The molecule has 0 saturated heterocycles. The number of halogens is 1. The van der Waals surface area contributed by atoms with E-state index in [1.807, 2.05) is 59.2 Å². The smallest absolute Gasteiger partial charge is 0.233 e. The van der Waals surface area contributed by atoms with Crippen LogP contribution in [0.15, 0.2) is 59.8 Å². The zero-order chi connectivity index (χ0) is 23.5. The third-order valence-corrected chi connectivity index (χ3v) is 5.80. The van der Waals surface area contributed by atoms with Gasteiger partial charge < -0.3 is 9.64 Å².